The lowest BCUT2D eigenvalue weighted by molar-refractivity contribution is 0.592. The predicted molar refractivity (Wildman–Crippen MR) is 62.7 cm³/mol. The summed E-state index contributed by atoms with van der Waals surface area (Å²) in [4.78, 5) is 8.91. The molecule has 15 heavy (non-hydrogen) atoms. The Hall–Kier alpha value is -0.960. The van der Waals surface area contributed by atoms with Crippen LogP contribution >= 0.6 is 0 Å². The van der Waals surface area contributed by atoms with Gasteiger partial charge in [0.15, 0.2) is 0 Å². The van der Waals surface area contributed by atoms with E-state index in [1.165, 1.54) is 0 Å². The van der Waals surface area contributed by atoms with Crippen molar-refractivity contribution in [2.24, 2.45) is 5.73 Å². The molecule has 0 aliphatic heterocycles. The van der Waals surface area contributed by atoms with Gasteiger partial charge in [0.2, 0.25) is 0 Å². The molecule has 0 aliphatic carbocycles. The van der Waals surface area contributed by atoms with Crippen LogP contribution in [-0.4, -0.2) is 9.97 Å². The standard InChI is InChI=1S/C12H21N3/c1-5-6-10(13)12-14-9(4)7-11(15-12)8(2)3/h7-8,10H,5-6,13H2,1-4H3. The molecule has 3 heteroatoms. The van der Waals surface area contributed by atoms with Gasteiger partial charge < -0.3 is 5.73 Å². The van der Waals surface area contributed by atoms with Gasteiger partial charge in [0.25, 0.3) is 0 Å². The summed E-state index contributed by atoms with van der Waals surface area (Å²) in [7, 11) is 0. The van der Waals surface area contributed by atoms with E-state index < -0.39 is 0 Å². The minimum atomic E-state index is -0.0209. The zero-order valence-electron chi connectivity index (χ0n) is 10.1. The van der Waals surface area contributed by atoms with Crippen molar-refractivity contribution in [3.05, 3.63) is 23.3 Å². The van der Waals surface area contributed by atoms with Crippen molar-refractivity contribution in [2.75, 3.05) is 0 Å². The predicted octanol–water partition coefficient (Wildman–Crippen LogP) is 2.71. The second-order valence-corrected chi connectivity index (χ2v) is 4.34. The normalized spacial score (nSPS) is 13.2. The van der Waals surface area contributed by atoms with Crippen LogP contribution in [0.3, 0.4) is 0 Å². The van der Waals surface area contributed by atoms with Crippen LogP contribution in [0.15, 0.2) is 6.07 Å². The first-order chi connectivity index (χ1) is 7.04. The first-order valence-electron chi connectivity index (χ1n) is 5.65. The van der Waals surface area contributed by atoms with Gasteiger partial charge in [0.1, 0.15) is 5.82 Å². The highest BCUT2D eigenvalue weighted by atomic mass is 14.9. The fraction of sp³-hybridized carbons (Fsp3) is 0.667. The molecule has 1 heterocycles. The lowest BCUT2D eigenvalue weighted by Crippen LogP contribution is -2.15. The molecule has 3 nitrogen and oxygen atoms in total. The molecule has 1 atom stereocenters. The smallest absolute Gasteiger partial charge is 0.145 e. The maximum atomic E-state index is 6.02. The lowest BCUT2D eigenvalue weighted by Gasteiger charge is -2.12. The molecule has 0 amide bonds. The van der Waals surface area contributed by atoms with Gasteiger partial charge in [-0.15, -0.1) is 0 Å². The third kappa shape index (κ3) is 3.27. The number of nitrogens with two attached hydrogens (primary N) is 1. The molecule has 0 saturated heterocycles. The number of aryl methyl sites for hydroxylation is 1. The number of hydrogen-bond acceptors (Lipinski definition) is 3. The second kappa shape index (κ2) is 5.21. The maximum Gasteiger partial charge on any atom is 0.145 e. The quantitative estimate of drug-likeness (QED) is 0.826. The Kier molecular flexibility index (Phi) is 4.21. The van der Waals surface area contributed by atoms with E-state index in [0.29, 0.717) is 5.92 Å². The first kappa shape index (κ1) is 12.1. The molecule has 1 unspecified atom stereocenters. The topological polar surface area (TPSA) is 51.8 Å². The van der Waals surface area contributed by atoms with Crippen molar-refractivity contribution >= 4 is 0 Å². The van der Waals surface area contributed by atoms with E-state index in [9.17, 15) is 0 Å². The molecule has 1 aromatic heterocycles. The molecule has 2 N–H and O–H groups in total. The van der Waals surface area contributed by atoms with Crippen LogP contribution in [0, 0.1) is 6.92 Å². The first-order valence-corrected chi connectivity index (χ1v) is 5.65. The van der Waals surface area contributed by atoms with Gasteiger partial charge in [-0.25, -0.2) is 9.97 Å². The highest BCUT2D eigenvalue weighted by Gasteiger charge is 2.11. The van der Waals surface area contributed by atoms with Gasteiger partial charge in [0.05, 0.1) is 6.04 Å². The van der Waals surface area contributed by atoms with Crippen molar-refractivity contribution in [1.82, 2.24) is 9.97 Å². The van der Waals surface area contributed by atoms with E-state index >= 15 is 0 Å². The third-order valence-corrected chi connectivity index (χ3v) is 2.41. The van der Waals surface area contributed by atoms with Crippen LogP contribution in [0.4, 0.5) is 0 Å². The second-order valence-electron chi connectivity index (χ2n) is 4.34. The molecule has 0 aliphatic rings. The monoisotopic (exact) mass is 207 g/mol. The molecule has 0 spiro atoms. The maximum absolute atomic E-state index is 6.02. The Morgan fingerprint density at radius 1 is 1.33 bits per heavy atom. The number of hydrogen-bond donors (Lipinski definition) is 1. The summed E-state index contributed by atoms with van der Waals surface area (Å²) in [6.07, 6.45) is 2.01. The molecule has 84 valence electrons. The van der Waals surface area contributed by atoms with Crippen LogP contribution < -0.4 is 5.73 Å². The third-order valence-electron chi connectivity index (χ3n) is 2.41. The molecule has 0 saturated carbocycles. The van der Waals surface area contributed by atoms with Gasteiger partial charge in [-0.3, -0.25) is 0 Å². The van der Waals surface area contributed by atoms with Crippen molar-refractivity contribution < 1.29 is 0 Å². The Bertz CT molecular complexity index is 321. The van der Waals surface area contributed by atoms with Gasteiger partial charge >= 0.3 is 0 Å². The molecular formula is C12H21N3. The summed E-state index contributed by atoms with van der Waals surface area (Å²) < 4.78 is 0. The van der Waals surface area contributed by atoms with Gasteiger partial charge in [-0.2, -0.15) is 0 Å². The molecule has 0 bridgehead atoms. The van der Waals surface area contributed by atoms with Crippen LogP contribution in [0.2, 0.25) is 0 Å². The molecule has 0 radical (unpaired) electrons. The summed E-state index contributed by atoms with van der Waals surface area (Å²) >= 11 is 0. The summed E-state index contributed by atoms with van der Waals surface area (Å²) in [6, 6.07) is 2.01. The fourth-order valence-electron chi connectivity index (χ4n) is 1.52. The number of nitrogens with zero attached hydrogens (tertiary/aromatic N) is 2. The van der Waals surface area contributed by atoms with Gasteiger partial charge in [0, 0.05) is 11.4 Å². The van der Waals surface area contributed by atoms with Crippen molar-refractivity contribution in [3.63, 3.8) is 0 Å². The molecule has 0 fully saturated rings. The number of rotatable bonds is 4. The number of aromatic nitrogens is 2. The summed E-state index contributed by atoms with van der Waals surface area (Å²) in [5.74, 6) is 1.22. The average Bonchev–Trinajstić information content (AvgIpc) is 2.17. The van der Waals surface area contributed by atoms with E-state index in [0.717, 1.165) is 30.1 Å². The minimum absolute atomic E-state index is 0.0209. The van der Waals surface area contributed by atoms with Gasteiger partial charge in [-0.1, -0.05) is 27.2 Å². The largest absolute Gasteiger partial charge is 0.321 e. The van der Waals surface area contributed by atoms with Crippen molar-refractivity contribution in [2.45, 2.75) is 52.5 Å². The van der Waals surface area contributed by atoms with E-state index in [4.69, 9.17) is 5.73 Å². The highest BCUT2D eigenvalue weighted by Crippen LogP contribution is 2.17. The van der Waals surface area contributed by atoms with Crippen LogP contribution in [0.1, 0.15) is 62.8 Å². The van der Waals surface area contributed by atoms with Crippen LogP contribution in [0.25, 0.3) is 0 Å². The molecule has 1 aromatic rings. The highest BCUT2D eigenvalue weighted by molar-refractivity contribution is 5.14. The zero-order chi connectivity index (χ0) is 11.4. The minimum Gasteiger partial charge on any atom is -0.321 e. The summed E-state index contributed by atoms with van der Waals surface area (Å²) in [6.45, 7) is 8.39. The van der Waals surface area contributed by atoms with Crippen molar-refractivity contribution in [1.29, 1.82) is 0 Å². The Balaban J connectivity index is 2.98. The Morgan fingerprint density at radius 2 is 2.00 bits per heavy atom. The van der Waals surface area contributed by atoms with E-state index in [-0.39, 0.29) is 6.04 Å². The summed E-state index contributed by atoms with van der Waals surface area (Å²) in [5.41, 5.74) is 8.12. The SMILES string of the molecule is CCCC(N)c1nc(C)cc(C(C)C)n1. The van der Waals surface area contributed by atoms with E-state index in [1.54, 1.807) is 0 Å². The zero-order valence-corrected chi connectivity index (χ0v) is 10.1. The summed E-state index contributed by atoms with van der Waals surface area (Å²) in [5, 5.41) is 0. The van der Waals surface area contributed by atoms with Crippen molar-refractivity contribution in [3.8, 4) is 0 Å². The molecular weight excluding hydrogens is 186 g/mol. The fourth-order valence-corrected chi connectivity index (χ4v) is 1.52. The van der Waals surface area contributed by atoms with Crippen LogP contribution in [-0.2, 0) is 0 Å². The van der Waals surface area contributed by atoms with E-state index in [1.807, 2.05) is 13.0 Å². The molecule has 1 rings (SSSR count). The van der Waals surface area contributed by atoms with Gasteiger partial charge in [-0.05, 0) is 25.3 Å². The van der Waals surface area contributed by atoms with E-state index in [2.05, 4.69) is 30.7 Å². The Labute approximate surface area is 92.1 Å². The average molecular weight is 207 g/mol. The molecule has 0 aromatic carbocycles. The Morgan fingerprint density at radius 3 is 2.53 bits per heavy atom. The van der Waals surface area contributed by atoms with Crippen LogP contribution in [0.5, 0.6) is 0 Å². The lowest BCUT2D eigenvalue weighted by atomic mass is 10.1.